The summed E-state index contributed by atoms with van der Waals surface area (Å²) in [4.78, 5) is 37.5. The average molecular weight is 390 g/mol. The molecule has 2 amide bonds. The third kappa shape index (κ3) is 4.44. The van der Waals surface area contributed by atoms with E-state index in [2.05, 4.69) is 5.32 Å². The zero-order valence-electron chi connectivity index (χ0n) is 16.1. The molecule has 0 aromatic heterocycles. The second-order valence-corrected chi connectivity index (χ2v) is 7.28. The van der Waals surface area contributed by atoms with Crippen LogP contribution in [-0.4, -0.2) is 59.7 Å². The predicted octanol–water partition coefficient (Wildman–Crippen LogP) is 2.28. The summed E-state index contributed by atoms with van der Waals surface area (Å²) in [6.45, 7) is 2.16. The maximum absolute atomic E-state index is 13.1. The van der Waals surface area contributed by atoms with Gasteiger partial charge >= 0.3 is 5.97 Å². The Balaban J connectivity index is 1.80. The third-order valence-corrected chi connectivity index (χ3v) is 5.17. The Kier molecular flexibility index (Phi) is 6.18. The summed E-state index contributed by atoms with van der Waals surface area (Å²) >= 11 is 0. The number of benzene rings is 1. The van der Waals surface area contributed by atoms with E-state index in [0.717, 1.165) is 6.42 Å². The molecule has 8 heteroatoms. The zero-order valence-corrected chi connectivity index (χ0v) is 16.1. The van der Waals surface area contributed by atoms with Crippen molar-refractivity contribution in [1.82, 2.24) is 4.90 Å². The van der Waals surface area contributed by atoms with Crippen LogP contribution in [0.5, 0.6) is 5.75 Å². The van der Waals surface area contributed by atoms with Crippen molar-refractivity contribution in [1.29, 1.82) is 0 Å². The Morgan fingerprint density at radius 1 is 1.32 bits per heavy atom. The lowest BCUT2D eigenvalue weighted by atomic mass is 9.94. The second kappa shape index (κ2) is 8.60. The predicted molar refractivity (Wildman–Crippen MR) is 102 cm³/mol. The fourth-order valence-electron chi connectivity index (χ4n) is 3.75. The van der Waals surface area contributed by atoms with Crippen molar-refractivity contribution in [2.24, 2.45) is 0 Å². The Morgan fingerprint density at radius 2 is 2.11 bits per heavy atom. The van der Waals surface area contributed by atoms with Crippen molar-refractivity contribution in [3.8, 4) is 5.75 Å². The number of carboxylic acid groups (broad SMARTS) is 1. The van der Waals surface area contributed by atoms with Crippen LogP contribution in [0.25, 0.3) is 0 Å². The number of hydrogen-bond donors (Lipinski definition) is 2. The number of aliphatic carboxylic acids is 1. The Morgan fingerprint density at radius 3 is 2.82 bits per heavy atom. The highest BCUT2D eigenvalue weighted by atomic mass is 16.5. The van der Waals surface area contributed by atoms with Gasteiger partial charge in [-0.05, 0) is 37.5 Å². The topological polar surface area (TPSA) is 105 Å². The summed E-state index contributed by atoms with van der Waals surface area (Å²) in [7, 11) is 1.72. The van der Waals surface area contributed by atoms with E-state index in [1.54, 1.807) is 30.1 Å². The van der Waals surface area contributed by atoms with Crippen LogP contribution in [0.3, 0.4) is 0 Å². The molecular formula is C20H26N2O6. The third-order valence-electron chi connectivity index (χ3n) is 5.17. The Bertz CT molecular complexity index is 765. The largest absolute Gasteiger partial charge is 0.490 e. The first-order valence-electron chi connectivity index (χ1n) is 9.60. The molecule has 2 N–H and O–H groups in total. The van der Waals surface area contributed by atoms with E-state index in [1.807, 2.05) is 6.92 Å². The number of fused-ring (bicyclic) bond motifs is 2. The molecule has 28 heavy (non-hydrogen) atoms. The molecule has 8 nitrogen and oxygen atoms in total. The molecule has 0 radical (unpaired) electrons. The van der Waals surface area contributed by atoms with Gasteiger partial charge in [0.2, 0.25) is 5.91 Å². The molecule has 1 saturated heterocycles. The molecule has 1 aromatic rings. The second-order valence-electron chi connectivity index (χ2n) is 7.28. The number of rotatable bonds is 5. The molecule has 0 aliphatic carbocycles. The highest BCUT2D eigenvalue weighted by Gasteiger charge is 2.39. The number of ether oxygens (including phenoxy) is 2. The molecule has 2 heterocycles. The Hall–Kier alpha value is -2.61. The number of hydrogen-bond acceptors (Lipinski definition) is 5. The summed E-state index contributed by atoms with van der Waals surface area (Å²) in [5, 5.41) is 11.8. The summed E-state index contributed by atoms with van der Waals surface area (Å²) < 4.78 is 11.8. The first-order chi connectivity index (χ1) is 13.4. The number of nitrogens with zero attached hydrogens (tertiary/aromatic N) is 1. The van der Waals surface area contributed by atoms with Crippen LogP contribution in [0.2, 0.25) is 0 Å². The number of carbonyl (C=O) groups is 3. The van der Waals surface area contributed by atoms with E-state index in [4.69, 9.17) is 14.6 Å². The molecule has 0 saturated carbocycles. The SMILES string of the molecule is CCCC(=O)Nc1ccc2c(c1)C(=O)N(C)[C@@H]1CC[C@H](CC(=O)O)O[C@H]1CO2. The molecule has 0 spiro atoms. The van der Waals surface area contributed by atoms with Crippen LogP contribution in [-0.2, 0) is 14.3 Å². The van der Waals surface area contributed by atoms with Gasteiger partial charge in [0.1, 0.15) is 18.5 Å². The lowest BCUT2D eigenvalue weighted by Gasteiger charge is -2.42. The molecule has 3 atom stereocenters. The van der Waals surface area contributed by atoms with Gasteiger partial charge in [0.05, 0.1) is 24.1 Å². The fourth-order valence-corrected chi connectivity index (χ4v) is 3.75. The molecule has 2 aliphatic rings. The zero-order chi connectivity index (χ0) is 20.3. The van der Waals surface area contributed by atoms with Gasteiger partial charge in [-0.3, -0.25) is 14.4 Å². The number of carboxylic acids is 1. The van der Waals surface area contributed by atoms with Crippen molar-refractivity contribution in [3.05, 3.63) is 23.8 Å². The lowest BCUT2D eigenvalue weighted by Crippen LogP contribution is -2.53. The number of likely N-dealkylation sites (N-methyl/N-ethyl adjacent to an activating group) is 1. The summed E-state index contributed by atoms with van der Waals surface area (Å²) in [5.41, 5.74) is 0.948. The van der Waals surface area contributed by atoms with Gasteiger partial charge in [-0.25, -0.2) is 0 Å². The van der Waals surface area contributed by atoms with Crippen molar-refractivity contribution in [3.63, 3.8) is 0 Å². The summed E-state index contributed by atoms with van der Waals surface area (Å²) in [5.74, 6) is -0.785. The standard InChI is InChI=1S/C20H26N2O6/c1-3-4-18(23)21-12-5-8-16-14(9-12)20(26)22(2)15-7-6-13(10-19(24)25)28-17(15)11-27-16/h5,8-9,13,15,17H,3-4,6-7,10-11H2,1-2H3,(H,21,23)(H,24,25)/t13-,15-,17+/m1/s1. The highest BCUT2D eigenvalue weighted by molar-refractivity contribution is 5.99. The normalized spacial score (nSPS) is 24.3. The minimum Gasteiger partial charge on any atom is -0.490 e. The van der Waals surface area contributed by atoms with E-state index in [0.29, 0.717) is 36.3 Å². The summed E-state index contributed by atoms with van der Waals surface area (Å²) in [6, 6.07) is 4.82. The van der Waals surface area contributed by atoms with Gasteiger partial charge in [-0.1, -0.05) is 6.92 Å². The van der Waals surface area contributed by atoms with Crippen LogP contribution in [0.4, 0.5) is 5.69 Å². The van der Waals surface area contributed by atoms with Gasteiger partial charge in [-0.2, -0.15) is 0 Å². The first-order valence-corrected chi connectivity index (χ1v) is 9.60. The monoisotopic (exact) mass is 390 g/mol. The quantitative estimate of drug-likeness (QED) is 0.799. The molecule has 1 fully saturated rings. The molecule has 0 bridgehead atoms. The van der Waals surface area contributed by atoms with Crippen LogP contribution in [0.1, 0.15) is 49.4 Å². The number of nitrogens with one attached hydrogen (secondary N) is 1. The number of anilines is 1. The molecule has 3 rings (SSSR count). The highest BCUT2D eigenvalue weighted by Crippen LogP contribution is 2.32. The van der Waals surface area contributed by atoms with E-state index >= 15 is 0 Å². The van der Waals surface area contributed by atoms with Crippen molar-refractivity contribution in [2.45, 2.75) is 57.3 Å². The van der Waals surface area contributed by atoms with Crippen LogP contribution >= 0.6 is 0 Å². The number of amides is 2. The van der Waals surface area contributed by atoms with Crippen LogP contribution in [0.15, 0.2) is 18.2 Å². The fraction of sp³-hybridized carbons (Fsp3) is 0.550. The van der Waals surface area contributed by atoms with Crippen molar-refractivity contribution in [2.75, 3.05) is 19.0 Å². The van der Waals surface area contributed by atoms with Crippen molar-refractivity contribution >= 4 is 23.5 Å². The maximum Gasteiger partial charge on any atom is 0.305 e. The maximum atomic E-state index is 13.1. The molecular weight excluding hydrogens is 364 g/mol. The molecule has 2 aliphatic heterocycles. The minimum absolute atomic E-state index is 0.0573. The molecule has 1 aromatic carbocycles. The van der Waals surface area contributed by atoms with Crippen LogP contribution < -0.4 is 10.1 Å². The smallest absolute Gasteiger partial charge is 0.305 e. The van der Waals surface area contributed by atoms with E-state index in [1.165, 1.54) is 0 Å². The van der Waals surface area contributed by atoms with Gasteiger partial charge in [0, 0.05) is 19.2 Å². The molecule has 152 valence electrons. The average Bonchev–Trinajstić information content (AvgIpc) is 2.65. The summed E-state index contributed by atoms with van der Waals surface area (Å²) in [6.07, 6.45) is 1.57. The minimum atomic E-state index is -0.900. The van der Waals surface area contributed by atoms with E-state index in [-0.39, 0.29) is 43.1 Å². The Labute approximate surface area is 163 Å². The van der Waals surface area contributed by atoms with E-state index in [9.17, 15) is 14.4 Å². The number of carbonyl (C=O) groups excluding carboxylic acids is 2. The lowest BCUT2D eigenvalue weighted by molar-refractivity contribution is -0.148. The van der Waals surface area contributed by atoms with Gasteiger partial charge in [0.25, 0.3) is 5.91 Å². The first kappa shape index (κ1) is 20.1. The van der Waals surface area contributed by atoms with Gasteiger partial charge in [-0.15, -0.1) is 0 Å². The van der Waals surface area contributed by atoms with Gasteiger partial charge in [0.15, 0.2) is 0 Å². The van der Waals surface area contributed by atoms with Crippen LogP contribution in [0, 0.1) is 0 Å². The van der Waals surface area contributed by atoms with Gasteiger partial charge < -0.3 is 24.8 Å². The van der Waals surface area contributed by atoms with E-state index < -0.39 is 5.97 Å². The van der Waals surface area contributed by atoms with Crippen molar-refractivity contribution < 1.29 is 29.0 Å². The molecule has 0 unspecified atom stereocenters.